The Morgan fingerprint density at radius 1 is 1.06 bits per heavy atom. The zero-order valence-electron chi connectivity index (χ0n) is 17.2. The Labute approximate surface area is 187 Å². The number of sulfone groups is 1. The molecule has 0 saturated carbocycles. The van der Waals surface area contributed by atoms with E-state index in [1.807, 2.05) is 0 Å². The molecule has 1 atom stereocenters. The lowest BCUT2D eigenvalue weighted by atomic mass is 10.1. The normalized spacial score (nSPS) is 17.8. The summed E-state index contributed by atoms with van der Waals surface area (Å²) in [4.78, 5) is 14.4. The van der Waals surface area contributed by atoms with E-state index in [9.17, 15) is 30.8 Å². The molecule has 4 rings (SSSR count). The molecule has 2 aromatic carbocycles. The number of carbonyl (C=O) groups excluding carboxylic acids is 1. The maximum Gasteiger partial charge on any atom is 0.416 e. The van der Waals surface area contributed by atoms with Gasteiger partial charge < -0.3 is 9.32 Å². The molecule has 3 aromatic rings. The van der Waals surface area contributed by atoms with E-state index >= 15 is 0 Å². The monoisotopic (exact) mass is 481 g/mol. The fourth-order valence-corrected chi connectivity index (χ4v) is 5.54. The minimum absolute atomic E-state index is 0.0909. The number of amides is 1. The smallest absolute Gasteiger partial charge is 0.416 e. The predicted molar refractivity (Wildman–Crippen MR) is 112 cm³/mol. The van der Waals surface area contributed by atoms with Gasteiger partial charge in [0, 0.05) is 11.6 Å². The number of hydrogen-bond acceptors (Lipinski definition) is 4. The lowest BCUT2D eigenvalue weighted by molar-refractivity contribution is -0.137. The lowest BCUT2D eigenvalue weighted by Crippen LogP contribution is -2.40. The molecule has 1 aliphatic rings. The SMILES string of the molecule is O=C(c1ccccc1F)N(Cc1ccc(-c2cccc(C(F)(F)F)c2)o1)[C@H]1CCS(=O)(=O)C1. The fourth-order valence-electron chi connectivity index (χ4n) is 3.81. The quantitative estimate of drug-likeness (QED) is 0.485. The molecular weight excluding hydrogens is 462 g/mol. The van der Waals surface area contributed by atoms with E-state index in [1.54, 1.807) is 0 Å². The zero-order valence-corrected chi connectivity index (χ0v) is 18.0. The third-order valence-electron chi connectivity index (χ3n) is 5.48. The van der Waals surface area contributed by atoms with Crippen molar-refractivity contribution in [1.29, 1.82) is 0 Å². The Balaban J connectivity index is 1.63. The molecule has 0 bridgehead atoms. The minimum atomic E-state index is -4.51. The molecule has 0 spiro atoms. The first-order valence-electron chi connectivity index (χ1n) is 10.1. The second kappa shape index (κ2) is 8.66. The van der Waals surface area contributed by atoms with Crippen LogP contribution in [0.2, 0.25) is 0 Å². The number of hydrogen-bond donors (Lipinski definition) is 0. The van der Waals surface area contributed by atoms with Crippen LogP contribution in [-0.2, 0) is 22.6 Å². The molecule has 0 radical (unpaired) electrons. The van der Waals surface area contributed by atoms with Crippen molar-refractivity contribution in [2.45, 2.75) is 25.2 Å². The Bertz CT molecular complexity index is 1280. The number of rotatable bonds is 5. The van der Waals surface area contributed by atoms with Crippen LogP contribution < -0.4 is 0 Å². The van der Waals surface area contributed by atoms with Crippen LogP contribution in [0.4, 0.5) is 17.6 Å². The van der Waals surface area contributed by atoms with Gasteiger partial charge in [-0.2, -0.15) is 13.2 Å². The van der Waals surface area contributed by atoms with Crippen molar-refractivity contribution in [2.24, 2.45) is 0 Å². The predicted octanol–water partition coefficient (Wildman–Crippen LogP) is 4.93. The maximum absolute atomic E-state index is 14.3. The first-order chi connectivity index (χ1) is 15.5. The molecule has 2 heterocycles. The van der Waals surface area contributed by atoms with Gasteiger partial charge in [0.05, 0.1) is 29.2 Å². The van der Waals surface area contributed by atoms with Gasteiger partial charge in [0.1, 0.15) is 17.3 Å². The standard InChI is InChI=1S/C23H19F4NO4S/c24-20-7-2-1-6-19(20)22(29)28(17-10-11-33(30,31)14-17)13-18-8-9-21(32-18)15-4-3-5-16(12-15)23(25,26)27/h1-9,12,17H,10-11,13-14H2/t17-/m0/s1. The molecular formula is C23H19F4NO4S. The molecule has 33 heavy (non-hydrogen) atoms. The molecule has 5 nitrogen and oxygen atoms in total. The Morgan fingerprint density at radius 2 is 1.82 bits per heavy atom. The second-order valence-electron chi connectivity index (χ2n) is 7.81. The molecule has 174 valence electrons. The number of nitrogens with zero attached hydrogens (tertiary/aromatic N) is 1. The second-order valence-corrected chi connectivity index (χ2v) is 10.0. The largest absolute Gasteiger partial charge is 0.459 e. The van der Waals surface area contributed by atoms with Crippen LogP contribution in [0.3, 0.4) is 0 Å². The highest BCUT2D eigenvalue weighted by atomic mass is 32.2. The average molecular weight is 481 g/mol. The summed E-state index contributed by atoms with van der Waals surface area (Å²) in [6, 6.07) is 12.3. The van der Waals surface area contributed by atoms with Crippen molar-refractivity contribution < 1.29 is 35.2 Å². The van der Waals surface area contributed by atoms with Gasteiger partial charge in [-0.3, -0.25) is 4.79 Å². The van der Waals surface area contributed by atoms with E-state index in [1.165, 1.54) is 47.4 Å². The highest BCUT2D eigenvalue weighted by molar-refractivity contribution is 7.91. The van der Waals surface area contributed by atoms with Gasteiger partial charge in [0.2, 0.25) is 0 Å². The van der Waals surface area contributed by atoms with Crippen molar-refractivity contribution >= 4 is 15.7 Å². The molecule has 1 saturated heterocycles. The summed E-state index contributed by atoms with van der Waals surface area (Å²) in [6.45, 7) is -0.160. The van der Waals surface area contributed by atoms with E-state index in [4.69, 9.17) is 4.42 Å². The first-order valence-corrected chi connectivity index (χ1v) is 11.9. The molecule has 0 unspecified atom stereocenters. The third-order valence-corrected chi connectivity index (χ3v) is 7.23. The Kier molecular flexibility index (Phi) is 6.04. The lowest BCUT2D eigenvalue weighted by Gasteiger charge is -2.27. The van der Waals surface area contributed by atoms with Crippen LogP contribution in [0.25, 0.3) is 11.3 Å². The van der Waals surface area contributed by atoms with Crippen LogP contribution in [0, 0.1) is 5.82 Å². The highest BCUT2D eigenvalue weighted by Gasteiger charge is 2.36. The molecule has 1 fully saturated rings. The molecule has 0 aliphatic carbocycles. The van der Waals surface area contributed by atoms with Gasteiger partial charge in [-0.05, 0) is 42.8 Å². The number of carbonyl (C=O) groups is 1. The minimum Gasteiger partial charge on any atom is -0.459 e. The van der Waals surface area contributed by atoms with E-state index in [0.29, 0.717) is 0 Å². The van der Waals surface area contributed by atoms with Crippen LogP contribution in [0.15, 0.2) is 65.1 Å². The topological polar surface area (TPSA) is 67.6 Å². The summed E-state index contributed by atoms with van der Waals surface area (Å²) in [5, 5.41) is 0. The van der Waals surface area contributed by atoms with Gasteiger partial charge in [-0.25, -0.2) is 12.8 Å². The van der Waals surface area contributed by atoms with E-state index < -0.39 is 39.3 Å². The van der Waals surface area contributed by atoms with Crippen molar-refractivity contribution in [2.75, 3.05) is 11.5 Å². The van der Waals surface area contributed by atoms with Gasteiger partial charge in [0.25, 0.3) is 5.91 Å². The summed E-state index contributed by atoms with van der Waals surface area (Å²) in [6.07, 6.45) is -4.31. The highest BCUT2D eigenvalue weighted by Crippen LogP contribution is 2.33. The third kappa shape index (κ3) is 5.11. The van der Waals surface area contributed by atoms with Crippen LogP contribution in [0.1, 0.15) is 28.1 Å². The van der Waals surface area contributed by atoms with E-state index in [2.05, 4.69) is 0 Å². The summed E-state index contributed by atoms with van der Waals surface area (Å²) < 4.78 is 83.0. The van der Waals surface area contributed by atoms with Crippen LogP contribution in [-0.4, -0.2) is 36.8 Å². The van der Waals surface area contributed by atoms with Gasteiger partial charge >= 0.3 is 6.18 Å². The maximum atomic E-state index is 14.3. The number of furan rings is 1. The average Bonchev–Trinajstić information content (AvgIpc) is 3.37. The molecule has 0 N–H and O–H groups in total. The molecule has 10 heteroatoms. The molecule has 1 amide bonds. The van der Waals surface area contributed by atoms with Crippen molar-refractivity contribution in [3.05, 3.63) is 83.4 Å². The Morgan fingerprint density at radius 3 is 2.48 bits per heavy atom. The molecule has 1 aliphatic heterocycles. The summed E-state index contributed by atoms with van der Waals surface area (Å²) in [5.74, 6) is -1.38. The van der Waals surface area contributed by atoms with Crippen molar-refractivity contribution in [3.8, 4) is 11.3 Å². The Hall–Kier alpha value is -3.14. The van der Waals surface area contributed by atoms with Crippen molar-refractivity contribution in [1.82, 2.24) is 4.90 Å². The summed E-state index contributed by atoms with van der Waals surface area (Å²) in [5.41, 5.74) is -0.830. The summed E-state index contributed by atoms with van der Waals surface area (Å²) >= 11 is 0. The van der Waals surface area contributed by atoms with Gasteiger partial charge in [-0.1, -0.05) is 24.3 Å². The number of benzene rings is 2. The molecule has 1 aromatic heterocycles. The van der Waals surface area contributed by atoms with Gasteiger partial charge in [-0.15, -0.1) is 0 Å². The zero-order chi connectivity index (χ0) is 23.8. The number of halogens is 4. The first kappa shape index (κ1) is 23.0. The van der Waals surface area contributed by atoms with E-state index in [-0.39, 0.29) is 47.1 Å². The number of alkyl halides is 3. The van der Waals surface area contributed by atoms with Gasteiger partial charge in [0.15, 0.2) is 9.84 Å². The van der Waals surface area contributed by atoms with Crippen molar-refractivity contribution in [3.63, 3.8) is 0 Å². The fraction of sp³-hybridized carbons (Fsp3) is 0.261. The summed E-state index contributed by atoms with van der Waals surface area (Å²) in [7, 11) is -3.34. The van der Waals surface area contributed by atoms with Crippen LogP contribution in [0.5, 0.6) is 0 Å². The van der Waals surface area contributed by atoms with E-state index in [0.717, 1.165) is 18.2 Å². The van der Waals surface area contributed by atoms with Crippen LogP contribution >= 0.6 is 0 Å².